The van der Waals surface area contributed by atoms with Crippen LogP contribution in [0.25, 0.3) is 11.3 Å². The van der Waals surface area contributed by atoms with Crippen LogP contribution in [0.5, 0.6) is 0 Å². The summed E-state index contributed by atoms with van der Waals surface area (Å²) < 4.78 is 5.90. The number of ether oxygens (including phenoxy) is 1. The Morgan fingerprint density at radius 3 is 2.88 bits per heavy atom. The topological polar surface area (TPSA) is 58.6 Å². The predicted molar refractivity (Wildman–Crippen MR) is 93.3 cm³/mol. The fourth-order valence-electron chi connectivity index (χ4n) is 3.37. The van der Waals surface area contributed by atoms with Crippen LogP contribution < -0.4 is 5.32 Å². The van der Waals surface area contributed by atoms with Gasteiger partial charge in [-0.2, -0.15) is 0 Å². The first kappa shape index (κ1) is 15.0. The van der Waals surface area contributed by atoms with Gasteiger partial charge in [0.05, 0.1) is 5.57 Å². The van der Waals surface area contributed by atoms with E-state index in [2.05, 4.69) is 11.4 Å². The van der Waals surface area contributed by atoms with Crippen LogP contribution in [-0.2, 0) is 22.6 Å². The third-order valence-electron chi connectivity index (χ3n) is 4.56. The van der Waals surface area contributed by atoms with Gasteiger partial charge < -0.3 is 15.2 Å². The number of hydrogen-bond acceptors (Lipinski definition) is 3. The monoisotopic (exact) mass is 321 g/mol. The highest BCUT2D eigenvalue weighted by molar-refractivity contribution is 6.36. The van der Waals surface area contributed by atoms with Crippen LogP contribution in [-0.4, -0.2) is 17.6 Å². The lowest BCUT2D eigenvalue weighted by atomic mass is 9.97. The van der Waals surface area contributed by atoms with E-state index in [1.165, 1.54) is 5.56 Å². The van der Waals surface area contributed by atoms with Crippen molar-refractivity contribution >= 4 is 22.9 Å². The molecule has 0 radical (unpaired) electrons. The summed E-state index contributed by atoms with van der Waals surface area (Å²) in [5.41, 5.74) is 6.75. The van der Waals surface area contributed by atoms with Crippen molar-refractivity contribution in [2.45, 2.75) is 26.4 Å². The molecular weight excluding hydrogens is 302 g/mol. The van der Waals surface area contributed by atoms with Crippen LogP contribution >= 0.6 is 0 Å². The fraction of sp³-hybridized carbons (Fsp3) is 0.250. The number of nitrogens with one attached hydrogen (secondary N) is 1. The number of fused-ring (bicyclic) bond motifs is 2. The highest BCUT2D eigenvalue weighted by Gasteiger charge is 2.32. The van der Waals surface area contributed by atoms with Crippen molar-refractivity contribution in [3.05, 3.63) is 64.2 Å². The third-order valence-corrected chi connectivity index (χ3v) is 4.56. The number of rotatable bonds is 3. The van der Waals surface area contributed by atoms with E-state index in [-0.39, 0.29) is 12.5 Å². The number of carbonyl (C=O) groups is 1. The molecule has 4 nitrogen and oxygen atoms in total. The predicted octanol–water partition coefficient (Wildman–Crippen LogP) is 3.27. The first-order valence-corrected chi connectivity index (χ1v) is 8.20. The molecule has 0 spiro atoms. The Bertz CT molecular complexity index is 867. The molecule has 0 aliphatic carbocycles. The van der Waals surface area contributed by atoms with Gasteiger partial charge in [0.1, 0.15) is 12.4 Å². The van der Waals surface area contributed by atoms with Crippen molar-refractivity contribution in [3.63, 3.8) is 0 Å². The molecule has 2 aliphatic heterocycles. The van der Waals surface area contributed by atoms with Gasteiger partial charge in [-0.3, -0.25) is 4.79 Å². The van der Waals surface area contributed by atoms with E-state index in [0.717, 1.165) is 40.8 Å². The highest BCUT2D eigenvalue weighted by Crippen LogP contribution is 2.42. The molecule has 122 valence electrons. The number of aliphatic hydroxyl groups excluding tert-OH is 1. The summed E-state index contributed by atoms with van der Waals surface area (Å²) >= 11 is 0. The van der Waals surface area contributed by atoms with E-state index in [9.17, 15) is 4.79 Å². The van der Waals surface area contributed by atoms with Crippen LogP contribution in [0.4, 0.5) is 5.69 Å². The summed E-state index contributed by atoms with van der Waals surface area (Å²) in [4.78, 5) is 12.5. The zero-order valence-corrected chi connectivity index (χ0v) is 13.6. The molecule has 4 heteroatoms. The van der Waals surface area contributed by atoms with Gasteiger partial charge in [0, 0.05) is 29.0 Å². The molecule has 0 fully saturated rings. The number of hydrogen-bond donors (Lipinski definition) is 2. The molecule has 2 aliphatic rings. The minimum atomic E-state index is -0.109. The Kier molecular flexibility index (Phi) is 3.62. The van der Waals surface area contributed by atoms with Crippen molar-refractivity contribution < 1.29 is 14.6 Å². The lowest BCUT2D eigenvalue weighted by molar-refractivity contribution is -0.110. The van der Waals surface area contributed by atoms with Crippen LogP contribution in [0, 0.1) is 6.92 Å². The molecule has 24 heavy (non-hydrogen) atoms. The summed E-state index contributed by atoms with van der Waals surface area (Å²) in [5.74, 6) is 0.559. The van der Waals surface area contributed by atoms with Crippen LogP contribution in [0.15, 0.2) is 36.4 Å². The van der Waals surface area contributed by atoms with E-state index in [1.807, 2.05) is 37.3 Å². The molecule has 2 heterocycles. The quantitative estimate of drug-likeness (QED) is 0.853. The van der Waals surface area contributed by atoms with Crippen LogP contribution in [0.3, 0.4) is 0 Å². The molecule has 4 rings (SSSR count). The van der Waals surface area contributed by atoms with Gasteiger partial charge in [0.15, 0.2) is 0 Å². The number of carbonyl (C=O) groups excluding carboxylic acids is 1. The molecule has 0 atom stereocenters. The lowest BCUT2D eigenvalue weighted by Gasteiger charge is -2.06. The Balaban J connectivity index is 1.79. The van der Waals surface area contributed by atoms with E-state index in [4.69, 9.17) is 9.84 Å². The van der Waals surface area contributed by atoms with Gasteiger partial charge in [-0.25, -0.2) is 0 Å². The zero-order chi connectivity index (χ0) is 16.7. The fourth-order valence-corrected chi connectivity index (χ4v) is 3.37. The van der Waals surface area contributed by atoms with E-state index < -0.39 is 0 Å². The lowest BCUT2D eigenvalue weighted by Crippen LogP contribution is -2.05. The summed E-state index contributed by atoms with van der Waals surface area (Å²) in [6.45, 7) is 2.69. The number of benzene rings is 2. The number of amides is 1. The van der Waals surface area contributed by atoms with Gasteiger partial charge in [-0.1, -0.05) is 29.8 Å². The first-order chi connectivity index (χ1) is 11.7. The summed E-state index contributed by atoms with van der Waals surface area (Å²) in [5, 5.41) is 11.9. The smallest absolute Gasteiger partial charge is 0.260 e. The van der Waals surface area contributed by atoms with Gasteiger partial charge >= 0.3 is 0 Å². The standard InChI is InChI=1S/C20H19NO3/c1-12-4-7-17-16(9-12)18(20(23)21-17)19-15-6-5-13(3-2-8-22)10-14(15)11-24-19/h4-7,9-10,22H,2-3,8,11H2,1H3,(H,21,23)/b19-18+. The second-order valence-corrected chi connectivity index (χ2v) is 6.31. The molecule has 0 saturated carbocycles. The van der Waals surface area contributed by atoms with Crippen molar-refractivity contribution in [3.8, 4) is 0 Å². The second kappa shape index (κ2) is 5.80. The van der Waals surface area contributed by atoms with Gasteiger partial charge in [-0.05, 0) is 37.5 Å². The van der Waals surface area contributed by atoms with E-state index >= 15 is 0 Å². The first-order valence-electron chi connectivity index (χ1n) is 8.20. The third kappa shape index (κ3) is 2.39. The number of aliphatic hydroxyl groups is 1. The molecule has 2 aromatic rings. The van der Waals surface area contributed by atoms with Crippen molar-refractivity contribution in [2.75, 3.05) is 11.9 Å². The number of aryl methyl sites for hydroxylation is 2. The number of anilines is 1. The largest absolute Gasteiger partial charge is 0.487 e. The summed E-state index contributed by atoms with van der Waals surface area (Å²) in [7, 11) is 0. The Morgan fingerprint density at radius 2 is 2.04 bits per heavy atom. The van der Waals surface area contributed by atoms with Crippen LogP contribution in [0.2, 0.25) is 0 Å². The molecule has 0 unspecified atom stereocenters. The maximum atomic E-state index is 12.5. The molecule has 1 amide bonds. The zero-order valence-electron chi connectivity index (χ0n) is 13.6. The Labute approximate surface area is 140 Å². The summed E-state index contributed by atoms with van der Waals surface area (Å²) in [6.07, 6.45) is 1.60. The van der Waals surface area contributed by atoms with Crippen LogP contribution in [0.1, 0.15) is 34.2 Å². The minimum Gasteiger partial charge on any atom is -0.487 e. The Morgan fingerprint density at radius 1 is 1.17 bits per heavy atom. The molecular formula is C20H19NO3. The molecule has 2 N–H and O–H groups in total. The SMILES string of the molecule is Cc1ccc2c(c1)/C(=C1\OCc3cc(CCCO)ccc31)C(=O)N2. The van der Waals surface area contributed by atoms with Crippen molar-refractivity contribution in [1.29, 1.82) is 0 Å². The maximum absolute atomic E-state index is 12.5. The molecule has 2 aromatic carbocycles. The van der Waals surface area contributed by atoms with Crippen molar-refractivity contribution in [2.24, 2.45) is 0 Å². The van der Waals surface area contributed by atoms with Gasteiger partial charge in [-0.15, -0.1) is 0 Å². The molecule has 0 bridgehead atoms. The van der Waals surface area contributed by atoms with Gasteiger partial charge in [0.25, 0.3) is 5.91 Å². The normalized spacial score (nSPS) is 18.2. The van der Waals surface area contributed by atoms with E-state index in [0.29, 0.717) is 17.9 Å². The maximum Gasteiger partial charge on any atom is 0.260 e. The summed E-state index contributed by atoms with van der Waals surface area (Å²) in [6, 6.07) is 12.1. The van der Waals surface area contributed by atoms with Gasteiger partial charge in [0.2, 0.25) is 0 Å². The van der Waals surface area contributed by atoms with E-state index in [1.54, 1.807) is 0 Å². The average molecular weight is 321 g/mol. The molecule has 0 saturated heterocycles. The highest BCUT2D eigenvalue weighted by atomic mass is 16.5. The second-order valence-electron chi connectivity index (χ2n) is 6.31. The minimum absolute atomic E-state index is 0.109. The molecule has 0 aromatic heterocycles. The Hall–Kier alpha value is -2.59. The average Bonchev–Trinajstić information content (AvgIpc) is 3.12. The van der Waals surface area contributed by atoms with Crippen molar-refractivity contribution in [1.82, 2.24) is 0 Å².